The average Bonchev–Trinajstić information content (AvgIpc) is 2.31. The summed E-state index contributed by atoms with van der Waals surface area (Å²) >= 11 is 0. The predicted molar refractivity (Wildman–Crippen MR) is 77.5 cm³/mol. The van der Waals surface area contributed by atoms with Crippen LogP contribution in [0.3, 0.4) is 0 Å². The van der Waals surface area contributed by atoms with Crippen molar-refractivity contribution in [2.75, 3.05) is 26.2 Å². The van der Waals surface area contributed by atoms with Crippen LogP contribution in [0.25, 0.3) is 0 Å². The second-order valence-corrected chi connectivity index (χ2v) is 6.71. The van der Waals surface area contributed by atoms with Crippen LogP contribution in [0, 0.1) is 11.3 Å². The first kappa shape index (κ1) is 15.9. The van der Waals surface area contributed by atoms with Crippen molar-refractivity contribution in [2.24, 2.45) is 17.1 Å². The molecule has 0 aromatic heterocycles. The summed E-state index contributed by atoms with van der Waals surface area (Å²) in [7, 11) is 0. The van der Waals surface area contributed by atoms with Crippen LogP contribution in [0.4, 0.5) is 0 Å². The second-order valence-electron chi connectivity index (χ2n) is 6.71. The van der Waals surface area contributed by atoms with Gasteiger partial charge in [-0.25, -0.2) is 0 Å². The number of aliphatic hydroxyl groups is 1. The van der Waals surface area contributed by atoms with Crippen LogP contribution in [0.15, 0.2) is 0 Å². The summed E-state index contributed by atoms with van der Waals surface area (Å²) in [5.74, 6) is 0.595. The Morgan fingerprint density at radius 3 is 2.67 bits per heavy atom. The number of unbranched alkanes of at least 4 members (excludes halogenated alkanes) is 1. The van der Waals surface area contributed by atoms with Gasteiger partial charge in [0.15, 0.2) is 0 Å². The summed E-state index contributed by atoms with van der Waals surface area (Å²) in [6.45, 7) is 10.1. The van der Waals surface area contributed by atoms with Crippen molar-refractivity contribution < 1.29 is 5.11 Å². The van der Waals surface area contributed by atoms with Gasteiger partial charge in [-0.05, 0) is 43.6 Å². The smallest absolute Gasteiger partial charge is 0.0558 e. The summed E-state index contributed by atoms with van der Waals surface area (Å²) in [6, 6.07) is 0.348. The molecule has 1 fully saturated rings. The normalized spacial score (nSPS) is 27.7. The number of nitrogens with two attached hydrogens (primary N) is 1. The molecular formula is C15H32N2O. The topological polar surface area (TPSA) is 49.5 Å². The number of aliphatic hydroxyl groups excluding tert-OH is 1. The van der Waals surface area contributed by atoms with E-state index < -0.39 is 0 Å². The molecule has 2 atom stereocenters. The van der Waals surface area contributed by atoms with E-state index in [1.807, 2.05) is 0 Å². The minimum Gasteiger partial charge on any atom is -0.395 e. The maximum atomic E-state index is 9.16. The summed E-state index contributed by atoms with van der Waals surface area (Å²) < 4.78 is 0. The van der Waals surface area contributed by atoms with Crippen LogP contribution in [-0.4, -0.2) is 42.3 Å². The highest BCUT2D eigenvalue weighted by Crippen LogP contribution is 2.38. The predicted octanol–water partition coefficient (Wildman–Crippen LogP) is 2.23. The standard InChI is InChI=1S/C15H32N2O/c1-4-5-8-17(9-10-18)12-13-11-15(2,3)7-6-14(13)16/h13-14,18H,4-12,16H2,1-3H3. The molecule has 1 aliphatic rings. The molecule has 3 heteroatoms. The third kappa shape index (κ3) is 5.25. The number of hydrogen-bond donors (Lipinski definition) is 2. The highest BCUT2D eigenvalue weighted by molar-refractivity contribution is 4.88. The van der Waals surface area contributed by atoms with Gasteiger partial charge in [-0.3, -0.25) is 0 Å². The molecule has 1 aliphatic carbocycles. The van der Waals surface area contributed by atoms with Gasteiger partial charge in [-0.1, -0.05) is 27.2 Å². The minimum atomic E-state index is 0.259. The van der Waals surface area contributed by atoms with Crippen molar-refractivity contribution >= 4 is 0 Å². The summed E-state index contributed by atoms with van der Waals surface area (Å²) in [6.07, 6.45) is 6.05. The molecule has 3 N–H and O–H groups in total. The zero-order valence-corrected chi connectivity index (χ0v) is 12.5. The zero-order valence-electron chi connectivity index (χ0n) is 12.5. The van der Waals surface area contributed by atoms with E-state index in [2.05, 4.69) is 25.7 Å². The maximum absolute atomic E-state index is 9.16. The first-order chi connectivity index (χ1) is 8.48. The van der Waals surface area contributed by atoms with Crippen LogP contribution in [0.2, 0.25) is 0 Å². The molecule has 0 heterocycles. The van der Waals surface area contributed by atoms with E-state index in [1.165, 1.54) is 25.7 Å². The second kappa shape index (κ2) is 7.46. The van der Waals surface area contributed by atoms with Gasteiger partial charge in [0, 0.05) is 19.1 Å². The van der Waals surface area contributed by atoms with Crippen LogP contribution in [-0.2, 0) is 0 Å². The summed E-state index contributed by atoms with van der Waals surface area (Å²) in [5.41, 5.74) is 6.72. The van der Waals surface area contributed by atoms with E-state index >= 15 is 0 Å². The number of hydrogen-bond acceptors (Lipinski definition) is 3. The Hall–Kier alpha value is -0.120. The van der Waals surface area contributed by atoms with Crippen LogP contribution >= 0.6 is 0 Å². The third-order valence-corrected chi connectivity index (χ3v) is 4.31. The van der Waals surface area contributed by atoms with Gasteiger partial charge >= 0.3 is 0 Å². The lowest BCUT2D eigenvalue weighted by Gasteiger charge is -2.41. The summed E-state index contributed by atoms with van der Waals surface area (Å²) in [5, 5.41) is 9.16. The molecule has 18 heavy (non-hydrogen) atoms. The van der Waals surface area contributed by atoms with E-state index in [4.69, 9.17) is 10.8 Å². The SMILES string of the molecule is CCCCN(CCO)CC1CC(C)(C)CCC1N. The van der Waals surface area contributed by atoms with Crippen molar-refractivity contribution in [3.63, 3.8) is 0 Å². The van der Waals surface area contributed by atoms with Gasteiger partial charge in [0.05, 0.1) is 6.61 Å². The largest absolute Gasteiger partial charge is 0.395 e. The van der Waals surface area contributed by atoms with Crippen molar-refractivity contribution in [2.45, 2.75) is 58.9 Å². The fraction of sp³-hybridized carbons (Fsp3) is 1.00. The average molecular weight is 256 g/mol. The van der Waals surface area contributed by atoms with Crippen molar-refractivity contribution in [1.29, 1.82) is 0 Å². The third-order valence-electron chi connectivity index (χ3n) is 4.31. The molecule has 0 saturated heterocycles. The van der Waals surface area contributed by atoms with Crippen molar-refractivity contribution in [3.8, 4) is 0 Å². The van der Waals surface area contributed by atoms with E-state index in [9.17, 15) is 0 Å². The fourth-order valence-electron chi connectivity index (χ4n) is 3.11. The zero-order chi connectivity index (χ0) is 13.6. The van der Waals surface area contributed by atoms with E-state index in [0.29, 0.717) is 17.4 Å². The van der Waals surface area contributed by atoms with E-state index in [1.54, 1.807) is 0 Å². The minimum absolute atomic E-state index is 0.259. The molecule has 0 aliphatic heterocycles. The first-order valence-corrected chi connectivity index (χ1v) is 7.57. The quantitative estimate of drug-likeness (QED) is 0.734. The van der Waals surface area contributed by atoms with Crippen LogP contribution in [0.5, 0.6) is 0 Å². The lowest BCUT2D eigenvalue weighted by molar-refractivity contribution is 0.103. The van der Waals surface area contributed by atoms with Crippen LogP contribution < -0.4 is 5.73 Å². The van der Waals surface area contributed by atoms with Gasteiger partial charge in [0.25, 0.3) is 0 Å². The Bertz CT molecular complexity index is 231. The Kier molecular flexibility index (Phi) is 6.61. The molecule has 2 unspecified atom stereocenters. The molecular weight excluding hydrogens is 224 g/mol. The molecule has 0 amide bonds. The Balaban J connectivity index is 2.49. The highest BCUT2D eigenvalue weighted by atomic mass is 16.3. The lowest BCUT2D eigenvalue weighted by atomic mass is 9.70. The molecule has 1 saturated carbocycles. The Labute approximate surface area is 113 Å². The molecule has 108 valence electrons. The fourth-order valence-corrected chi connectivity index (χ4v) is 3.11. The maximum Gasteiger partial charge on any atom is 0.0558 e. The van der Waals surface area contributed by atoms with Crippen molar-refractivity contribution in [1.82, 2.24) is 4.90 Å². The molecule has 1 rings (SSSR count). The van der Waals surface area contributed by atoms with E-state index in [0.717, 1.165) is 26.1 Å². The first-order valence-electron chi connectivity index (χ1n) is 7.57. The molecule has 0 aromatic rings. The van der Waals surface area contributed by atoms with Gasteiger partial charge in [0.2, 0.25) is 0 Å². The monoisotopic (exact) mass is 256 g/mol. The van der Waals surface area contributed by atoms with Crippen LogP contribution in [0.1, 0.15) is 52.9 Å². The molecule has 0 bridgehead atoms. The Morgan fingerprint density at radius 1 is 1.33 bits per heavy atom. The highest BCUT2D eigenvalue weighted by Gasteiger charge is 2.33. The Morgan fingerprint density at radius 2 is 2.06 bits per heavy atom. The summed E-state index contributed by atoms with van der Waals surface area (Å²) in [4.78, 5) is 2.40. The van der Waals surface area contributed by atoms with Crippen molar-refractivity contribution in [3.05, 3.63) is 0 Å². The van der Waals surface area contributed by atoms with Gasteiger partial charge < -0.3 is 15.7 Å². The van der Waals surface area contributed by atoms with E-state index in [-0.39, 0.29) is 6.61 Å². The molecule has 0 radical (unpaired) electrons. The number of nitrogens with zero attached hydrogens (tertiary/aromatic N) is 1. The number of rotatable bonds is 7. The van der Waals surface area contributed by atoms with Gasteiger partial charge in [-0.2, -0.15) is 0 Å². The molecule has 3 nitrogen and oxygen atoms in total. The molecule has 0 spiro atoms. The van der Waals surface area contributed by atoms with Gasteiger partial charge in [-0.15, -0.1) is 0 Å². The molecule has 0 aromatic carbocycles. The van der Waals surface area contributed by atoms with Gasteiger partial charge in [0.1, 0.15) is 0 Å². The lowest BCUT2D eigenvalue weighted by Crippen LogP contribution is -2.45.